The third-order valence-corrected chi connectivity index (χ3v) is 2.95. The van der Waals surface area contributed by atoms with E-state index in [0.717, 1.165) is 11.7 Å². The number of hydrogen-bond acceptors (Lipinski definition) is 2. The first-order valence-corrected chi connectivity index (χ1v) is 5.23. The molecule has 0 aliphatic heterocycles. The van der Waals surface area contributed by atoms with Crippen LogP contribution in [0.1, 0.15) is 62.7 Å². The molecule has 1 heterocycles. The van der Waals surface area contributed by atoms with Gasteiger partial charge >= 0.3 is 0 Å². The van der Waals surface area contributed by atoms with Crippen LogP contribution in [0.25, 0.3) is 0 Å². The maximum absolute atomic E-state index is 5.29. The fourth-order valence-corrected chi connectivity index (χ4v) is 2.24. The topological polar surface area (TPSA) is 26.0 Å². The van der Waals surface area contributed by atoms with Gasteiger partial charge in [0, 0.05) is 11.5 Å². The lowest BCUT2D eigenvalue weighted by atomic mass is 9.95. The molecule has 2 rings (SSSR count). The Balaban J connectivity index is 2.23. The van der Waals surface area contributed by atoms with Crippen LogP contribution in [-0.4, -0.2) is 5.16 Å². The molecule has 0 spiro atoms. The van der Waals surface area contributed by atoms with Crippen LogP contribution in [0.5, 0.6) is 0 Å². The van der Waals surface area contributed by atoms with E-state index in [2.05, 4.69) is 19.0 Å². The van der Waals surface area contributed by atoms with Crippen molar-refractivity contribution in [1.29, 1.82) is 0 Å². The van der Waals surface area contributed by atoms with Gasteiger partial charge in [-0.2, -0.15) is 0 Å². The molecule has 1 aliphatic rings. The number of nitrogens with zero attached hydrogens (tertiary/aromatic N) is 1. The summed E-state index contributed by atoms with van der Waals surface area (Å²) >= 11 is 0. The van der Waals surface area contributed by atoms with Crippen molar-refractivity contribution in [2.45, 2.75) is 51.4 Å². The van der Waals surface area contributed by atoms with Crippen molar-refractivity contribution in [2.75, 3.05) is 0 Å². The fraction of sp³-hybridized carbons (Fsp3) is 0.727. The molecule has 2 nitrogen and oxygen atoms in total. The molecule has 1 fully saturated rings. The summed E-state index contributed by atoms with van der Waals surface area (Å²) in [6, 6.07) is 0. The molecule has 1 aromatic rings. The first kappa shape index (κ1) is 8.79. The highest BCUT2D eigenvalue weighted by Gasteiger charge is 2.23. The molecule has 0 amide bonds. The molecule has 0 radical (unpaired) electrons. The molecule has 0 saturated heterocycles. The van der Waals surface area contributed by atoms with Gasteiger partial charge in [0.1, 0.15) is 5.76 Å². The Bertz CT molecular complexity index is 271. The Morgan fingerprint density at radius 2 is 2.08 bits per heavy atom. The van der Waals surface area contributed by atoms with Gasteiger partial charge in [-0.15, -0.1) is 0 Å². The lowest BCUT2D eigenvalue weighted by Crippen LogP contribution is -1.96. The smallest absolute Gasteiger partial charge is 0.142 e. The highest BCUT2D eigenvalue weighted by Crippen LogP contribution is 2.37. The first-order chi connectivity index (χ1) is 6.29. The van der Waals surface area contributed by atoms with Crippen molar-refractivity contribution >= 4 is 0 Å². The van der Waals surface area contributed by atoms with E-state index in [1.165, 1.54) is 31.2 Å². The van der Waals surface area contributed by atoms with E-state index in [1.54, 1.807) is 0 Å². The molecule has 72 valence electrons. The van der Waals surface area contributed by atoms with Gasteiger partial charge in [-0.1, -0.05) is 31.8 Å². The average molecular weight is 179 g/mol. The van der Waals surface area contributed by atoms with Crippen molar-refractivity contribution in [3.63, 3.8) is 0 Å². The molecule has 13 heavy (non-hydrogen) atoms. The Kier molecular flexibility index (Phi) is 2.38. The SMILES string of the molecule is CC(C)c1oncc1C1CCCC1. The summed E-state index contributed by atoms with van der Waals surface area (Å²) in [6.07, 6.45) is 7.30. The van der Waals surface area contributed by atoms with E-state index in [0.29, 0.717) is 5.92 Å². The molecule has 1 saturated carbocycles. The highest BCUT2D eigenvalue weighted by atomic mass is 16.5. The Labute approximate surface area is 79.3 Å². The highest BCUT2D eigenvalue weighted by molar-refractivity contribution is 5.22. The summed E-state index contributed by atoms with van der Waals surface area (Å²) in [5, 5.41) is 3.91. The van der Waals surface area contributed by atoms with Gasteiger partial charge in [0.05, 0.1) is 6.20 Å². The van der Waals surface area contributed by atoms with E-state index in [-0.39, 0.29) is 0 Å². The van der Waals surface area contributed by atoms with E-state index in [1.807, 2.05) is 6.20 Å². The van der Waals surface area contributed by atoms with Gasteiger partial charge in [0.2, 0.25) is 0 Å². The van der Waals surface area contributed by atoms with Crippen molar-refractivity contribution in [3.8, 4) is 0 Å². The maximum atomic E-state index is 5.29. The Morgan fingerprint density at radius 1 is 1.38 bits per heavy atom. The van der Waals surface area contributed by atoms with Crippen molar-refractivity contribution in [3.05, 3.63) is 17.5 Å². The fourth-order valence-electron chi connectivity index (χ4n) is 2.24. The molecule has 1 aliphatic carbocycles. The van der Waals surface area contributed by atoms with Crippen LogP contribution in [0.15, 0.2) is 10.7 Å². The Hall–Kier alpha value is -0.790. The minimum Gasteiger partial charge on any atom is -0.361 e. The molecule has 1 aromatic heterocycles. The minimum atomic E-state index is 0.470. The third kappa shape index (κ3) is 1.62. The zero-order valence-corrected chi connectivity index (χ0v) is 8.42. The van der Waals surface area contributed by atoms with Crippen LogP contribution < -0.4 is 0 Å². The summed E-state index contributed by atoms with van der Waals surface area (Å²) in [5.41, 5.74) is 1.37. The van der Waals surface area contributed by atoms with Gasteiger partial charge in [0.25, 0.3) is 0 Å². The minimum absolute atomic E-state index is 0.470. The molecule has 0 bridgehead atoms. The predicted octanol–water partition coefficient (Wildman–Crippen LogP) is 3.46. The molecule has 0 atom stereocenters. The zero-order valence-electron chi connectivity index (χ0n) is 8.42. The second-order valence-electron chi connectivity index (χ2n) is 4.28. The first-order valence-electron chi connectivity index (χ1n) is 5.23. The summed E-state index contributed by atoms with van der Waals surface area (Å²) in [5.74, 6) is 2.30. The lowest BCUT2D eigenvalue weighted by Gasteiger charge is -2.09. The van der Waals surface area contributed by atoms with Crippen LogP contribution in [0.3, 0.4) is 0 Å². The molecule has 0 N–H and O–H groups in total. The van der Waals surface area contributed by atoms with Gasteiger partial charge < -0.3 is 4.52 Å². The number of rotatable bonds is 2. The zero-order chi connectivity index (χ0) is 9.26. The van der Waals surface area contributed by atoms with Crippen LogP contribution in [-0.2, 0) is 0 Å². The predicted molar refractivity (Wildman–Crippen MR) is 51.8 cm³/mol. The second kappa shape index (κ2) is 3.52. The van der Waals surface area contributed by atoms with E-state index < -0.39 is 0 Å². The normalized spacial score (nSPS) is 18.7. The van der Waals surface area contributed by atoms with Crippen molar-refractivity contribution in [1.82, 2.24) is 5.16 Å². The summed E-state index contributed by atoms with van der Waals surface area (Å²) in [7, 11) is 0. The van der Waals surface area contributed by atoms with Crippen LogP contribution in [0.2, 0.25) is 0 Å². The van der Waals surface area contributed by atoms with Gasteiger partial charge in [0.15, 0.2) is 0 Å². The lowest BCUT2D eigenvalue weighted by molar-refractivity contribution is 0.368. The largest absolute Gasteiger partial charge is 0.361 e. The number of hydrogen-bond donors (Lipinski definition) is 0. The molecule has 0 aromatic carbocycles. The molecule has 0 unspecified atom stereocenters. The standard InChI is InChI=1S/C11H17NO/c1-8(2)11-10(7-12-13-11)9-5-3-4-6-9/h7-9H,3-6H2,1-2H3. The second-order valence-corrected chi connectivity index (χ2v) is 4.28. The van der Waals surface area contributed by atoms with Gasteiger partial charge in [-0.3, -0.25) is 0 Å². The van der Waals surface area contributed by atoms with Crippen LogP contribution >= 0.6 is 0 Å². The van der Waals surface area contributed by atoms with Crippen LogP contribution in [0, 0.1) is 0 Å². The summed E-state index contributed by atoms with van der Waals surface area (Å²) in [6.45, 7) is 4.33. The Morgan fingerprint density at radius 3 is 2.69 bits per heavy atom. The number of aromatic nitrogens is 1. The quantitative estimate of drug-likeness (QED) is 0.695. The average Bonchev–Trinajstić information content (AvgIpc) is 2.74. The summed E-state index contributed by atoms with van der Waals surface area (Å²) in [4.78, 5) is 0. The van der Waals surface area contributed by atoms with Crippen molar-refractivity contribution in [2.24, 2.45) is 0 Å². The van der Waals surface area contributed by atoms with E-state index in [9.17, 15) is 0 Å². The van der Waals surface area contributed by atoms with Gasteiger partial charge in [-0.05, 0) is 18.8 Å². The monoisotopic (exact) mass is 179 g/mol. The van der Waals surface area contributed by atoms with Crippen LogP contribution in [0.4, 0.5) is 0 Å². The summed E-state index contributed by atoms with van der Waals surface area (Å²) < 4.78 is 5.29. The molecular formula is C11H17NO. The van der Waals surface area contributed by atoms with Crippen molar-refractivity contribution < 1.29 is 4.52 Å². The maximum Gasteiger partial charge on any atom is 0.142 e. The van der Waals surface area contributed by atoms with Gasteiger partial charge in [-0.25, -0.2) is 0 Å². The third-order valence-electron chi connectivity index (χ3n) is 2.95. The molecule has 2 heteroatoms. The van der Waals surface area contributed by atoms with E-state index in [4.69, 9.17) is 4.52 Å². The molecular weight excluding hydrogens is 162 g/mol. The van der Waals surface area contributed by atoms with E-state index >= 15 is 0 Å².